The van der Waals surface area contributed by atoms with Crippen LogP contribution in [0.3, 0.4) is 0 Å². The maximum absolute atomic E-state index is 13.4. The first-order valence-electron chi connectivity index (χ1n) is 14.0. The zero-order chi connectivity index (χ0) is 37.2. The van der Waals surface area contributed by atoms with Crippen molar-refractivity contribution in [1.82, 2.24) is 14.5 Å². The topological polar surface area (TPSA) is 366 Å². The normalized spacial score (nSPS) is 31.4. The second kappa shape index (κ2) is 16.1. The van der Waals surface area contributed by atoms with E-state index >= 15 is 0 Å². The standard InChI is InChI=1S/C23H36N4O20P2/c1-8(27(10(3)29)19(33)9(2)43-18-14(24)22(35)45-11(6-28)15(18)31)21(34)46-17-12(7-42-49(40,41)47-48(37,38)39)44-20(16(17)32)26-5-4-13(30)25-23(26)36/h4-5,8-9,11-12,14-18,20,22,28,31-32,35H,6-7,24H2,1-3H3,(H,40,41)(H,25,30,36)(H2,37,38,39)/t8-,9?,11+,12+,14+,15+,16+,17+,18+,20+,22-/m0/s1. The number of aromatic amines is 1. The Bertz CT molecular complexity index is 1580. The van der Waals surface area contributed by atoms with E-state index < -0.39 is 125 Å². The van der Waals surface area contributed by atoms with Crippen LogP contribution in [-0.2, 0) is 51.3 Å². The van der Waals surface area contributed by atoms with Crippen molar-refractivity contribution in [3.8, 4) is 0 Å². The first kappa shape index (κ1) is 40.7. The summed E-state index contributed by atoms with van der Waals surface area (Å²) in [5, 5.41) is 40.9. The molecule has 2 aliphatic heterocycles. The van der Waals surface area contributed by atoms with E-state index in [0.29, 0.717) is 9.47 Å². The van der Waals surface area contributed by atoms with Crippen LogP contribution in [0, 0.1) is 0 Å². The summed E-state index contributed by atoms with van der Waals surface area (Å²) in [6.45, 7) is 1.08. The first-order chi connectivity index (χ1) is 22.6. The molecule has 0 spiro atoms. The number of nitrogens with two attached hydrogens (primary N) is 1. The number of esters is 1. The van der Waals surface area contributed by atoms with Crippen LogP contribution in [0.15, 0.2) is 21.9 Å². The molecule has 2 unspecified atom stereocenters. The Morgan fingerprint density at radius 3 is 2.24 bits per heavy atom. The smallest absolute Gasteiger partial charge is 0.455 e. The maximum atomic E-state index is 13.4. The Morgan fingerprint density at radius 2 is 1.69 bits per heavy atom. The van der Waals surface area contributed by atoms with Crippen LogP contribution >= 0.6 is 15.6 Å². The summed E-state index contributed by atoms with van der Waals surface area (Å²) >= 11 is 0. The molecular weight excluding hydrogens is 714 g/mol. The number of amides is 2. The molecule has 26 heteroatoms. The molecule has 0 aromatic carbocycles. The molecule has 0 aliphatic carbocycles. The molecule has 2 fully saturated rings. The Hall–Kier alpha value is -2.77. The van der Waals surface area contributed by atoms with Crippen molar-refractivity contribution in [3.05, 3.63) is 33.1 Å². The molecule has 3 rings (SSSR count). The predicted molar refractivity (Wildman–Crippen MR) is 153 cm³/mol. The molecule has 0 radical (unpaired) electrons. The Balaban J connectivity index is 1.84. The van der Waals surface area contributed by atoms with Gasteiger partial charge in [0.15, 0.2) is 18.6 Å². The van der Waals surface area contributed by atoms with Crippen molar-refractivity contribution in [2.24, 2.45) is 5.73 Å². The maximum Gasteiger partial charge on any atom is 0.481 e. The van der Waals surface area contributed by atoms with Crippen LogP contribution in [0.4, 0.5) is 0 Å². The number of nitrogens with one attached hydrogen (secondary N) is 1. The second-order valence-electron chi connectivity index (χ2n) is 10.8. The lowest BCUT2D eigenvalue weighted by Crippen LogP contribution is -2.64. The van der Waals surface area contributed by atoms with Gasteiger partial charge in [-0.25, -0.2) is 18.7 Å². The van der Waals surface area contributed by atoms with E-state index in [9.17, 15) is 58.4 Å². The number of aliphatic hydroxyl groups is 4. The molecule has 0 saturated carbocycles. The van der Waals surface area contributed by atoms with Crippen LogP contribution in [0.2, 0.25) is 0 Å². The number of carbonyl (C=O) groups is 3. The number of aromatic nitrogens is 2. The van der Waals surface area contributed by atoms with Crippen LogP contribution in [0.1, 0.15) is 27.0 Å². The number of hydrogen-bond donors (Lipinski definition) is 9. The quantitative estimate of drug-likeness (QED) is 0.0672. The van der Waals surface area contributed by atoms with Gasteiger partial charge in [-0.15, -0.1) is 0 Å². The second-order valence-corrected chi connectivity index (χ2v) is 13.6. The lowest BCUT2D eigenvalue weighted by Gasteiger charge is -2.41. The number of phosphoric acid groups is 2. The highest BCUT2D eigenvalue weighted by Gasteiger charge is 2.50. The molecule has 10 N–H and O–H groups in total. The van der Waals surface area contributed by atoms with Crippen LogP contribution in [0.25, 0.3) is 0 Å². The van der Waals surface area contributed by atoms with Gasteiger partial charge in [0.1, 0.15) is 42.7 Å². The largest absolute Gasteiger partial charge is 0.481 e. The van der Waals surface area contributed by atoms with Crippen LogP contribution < -0.4 is 17.0 Å². The summed E-state index contributed by atoms with van der Waals surface area (Å²) in [5.74, 6) is -3.64. The molecule has 1 aromatic rings. The molecule has 24 nitrogen and oxygen atoms in total. The minimum absolute atomic E-state index is 0.373. The molecular formula is C23H36N4O20P2. The van der Waals surface area contributed by atoms with E-state index in [4.69, 9.17) is 34.5 Å². The molecule has 49 heavy (non-hydrogen) atoms. The lowest BCUT2D eigenvalue weighted by molar-refractivity contribution is -0.262. The predicted octanol–water partition coefficient (Wildman–Crippen LogP) is -5.13. The van der Waals surface area contributed by atoms with Gasteiger partial charge < -0.3 is 59.8 Å². The highest BCUT2D eigenvalue weighted by atomic mass is 31.3. The highest BCUT2D eigenvalue weighted by molar-refractivity contribution is 7.60. The number of nitrogens with zero attached hydrogens (tertiary/aromatic N) is 2. The summed E-state index contributed by atoms with van der Waals surface area (Å²) in [4.78, 5) is 92.8. The highest BCUT2D eigenvalue weighted by Crippen LogP contribution is 2.57. The van der Waals surface area contributed by atoms with Crippen molar-refractivity contribution < 1.29 is 86.4 Å². The van der Waals surface area contributed by atoms with E-state index in [0.717, 1.165) is 33.0 Å². The number of ether oxygens (including phenoxy) is 4. The molecule has 1 aromatic heterocycles. The molecule has 2 saturated heterocycles. The Morgan fingerprint density at radius 1 is 1.06 bits per heavy atom. The van der Waals surface area contributed by atoms with Crippen molar-refractivity contribution >= 4 is 33.4 Å². The van der Waals surface area contributed by atoms with Crippen molar-refractivity contribution in [2.75, 3.05) is 13.2 Å². The van der Waals surface area contributed by atoms with Gasteiger partial charge in [0.2, 0.25) is 5.91 Å². The lowest BCUT2D eigenvalue weighted by atomic mass is 9.97. The summed E-state index contributed by atoms with van der Waals surface area (Å²) in [6.07, 6.45) is -14.5. The fourth-order valence-electron chi connectivity index (χ4n) is 4.90. The zero-order valence-corrected chi connectivity index (χ0v) is 27.5. The van der Waals surface area contributed by atoms with Crippen LogP contribution in [-0.4, -0.2) is 142 Å². The van der Waals surface area contributed by atoms with E-state index in [1.165, 1.54) is 0 Å². The minimum Gasteiger partial charge on any atom is -0.455 e. The molecule has 3 heterocycles. The molecule has 278 valence electrons. The third-order valence-corrected chi connectivity index (χ3v) is 9.38. The van der Waals surface area contributed by atoms with Gasteiger partial charge in [-0.3, -0.25) is 33.4 Å². The van der Waals surface area contributed by atoms with Gasteiger partial charge in [0, 0.05) is 19.2 Å². The van der Waals surface area contributed by atoms with E-state index in [1.807, 2.05) is 4.98 Å². The summed E-state index contributed by atoms with van der Waals surface area (Å²) in [6, 6.07) is -2.38. The SMILES string of the molecule is CC(=O)N(C(=O)C(C)O[C@@H]1[C@@H](N)[C@@H](O)O[C@H](CO)[C@H]1O)[C@@H](C)C(=O)O[C@H]1[C@@H](O)[C@H](n2ccc(=O)[nH]c2=O)O[C@@H]1COP(=O)(O)OP(=O)(O)O. The van der Waals surface area contributed by atoms with Crippen molar-refractivity contribution in [1.29, 1.82) is 0 Å². The van der Waals surface area contributed by atoms with E-state index in [1.54, 1.807) is 0 Å². The molecule has 2 amide bonds. The number of H-pyrrole nitrogens is 1. The van der Waals surface area contributed by atoms with Gasteiger partial charge in [-0.05, 0) is 13.8 Å². The minimum atomic E-state index is -5.57. The number of imide groups is 1. The fraction of sp³-hybridized carbons (Fsp3) is 0.696. The summed E-state index contributed by atoms with van der Waals surface area (Å²) < 4.78 is 53.2. The number of hydrogen-bond acceptors (Lipinski definition) is 18. The Kier molecular flexibility index (Phi) is 13.3. The van der Waals surface area contributed by atoms with Crippen LogP contribution in [0.5, 0.6) is 0 Å². The number of aliphatic hydroxyl groups excluding tert-OH is 4. The van der Waals surface area contributed by atoms with Crippen molar-refractivity contribution in [2.45, 2.75) is 88.1 Å². The summed E-state index contributed by atoms with van der Waals surface area (Å²) in [7, 11) is -11.1. The molecule has 2 aliphatic rings. The average molecular weight is 750 g/mol. The van der Waals surface area contributed by atoms with E-state index in [-0.39, 0.29) is 0 Å². The Labute approximate surface area is 274 Å². The molecule has 0 bridgehead atoms. The monoisotopic (exact) mass is 750 g/mol. The zero-order valence-electron chi connectivity index (χ0n) is 25.7. The molecule has 12 atom stereocenters. The van der Waals surface area contributed by atoms with Crippen molar-refractivity contribution in [3.63, 3.8) is 0 Å². The summed E-state index contributed by atoms with van der Waals surface area (Å²) in [5.41, 5.74) is 3.86. The third-order valence-electron chi connectivity index (χ3n) is 7.23. The van der Waals surface area contributed by atoms with Gasteiger partial charge in [0.25, 0.3) is 11.5 Å². The number of carbonyl (C=O) groups excluding carboxylic acids is 3. The van der Waals surface area contributed by atoms with E-state index in [2.05, 4.69) is 8.83 Å². The van der Waals surface area contributed by atoms with Gasteiger partial charge in [-0.2, -0.15) is 4.31 Å². The van der Waals surface area contributed by atoms with Gasteiger partial charge >= 0.3 is 27.3 Å². The first-order valence-corrected chi connectivity index (χ1v) is 17.1. The van der Waals surface area contributed by atoms with Gasteiger partial charge in [-0.1, -0.05) is 0 Å². The average Bonchev–Trinajstić information content (AvgIpc) is 3.28. The number of rotatable bonds is 13. The third kappa shape index (κ3) is 9.94. The fourth-order valence-corrected chi connectivity index (χ4v) is 6.50. The number of phosphoric ester groups is 1. The van der Waals surface area contributed by atoms with Gasteiger partial charge in [0.05, 0.1) is 19.3 Å².